The fourth-order valence-electron chi connectivity index (χ4n) is 2.25. The molecule has 1 amide bonds. The Morgan fingerprint density at radius 1 is 1.29 bits per heavy atom. The van der Waals surface area contributed by atoms with Crippen molar-refractivity contribution in [1.82, 2.24) is 4.98 Å². The summed E-state index contributed by atoms with van der Waals surface area (Å²) in [6, 6.07) is 11.5. The molecule has 4 nitrogen and oxygen atoms in total. The van der Waals surface area contributed by atoms with E-state index in [1.807, 2.05) is 12.1 Å². The van der Waals surface area contributed by atoms with Gasteiger partial charge in [-0.25, -0.2) is 9.37 Å². The van der Waals surface area contributed by atoms with Gasteiger partial charge in [-0.2, -0.15) is 5.26 Å². The molecule has 0 atom stereocenters. The molecule has 1 aliphatic carbocycles. The zero-order valence-corrected chi connectivity index (χ0v) is 13.8. The predicted molar refractivity (Wildman–Crippen MR) is 91.3 cm³/mol. The van der Waals surface area contributed by atoms with Crippen LogP contribution in [0.2, 0.25) is 0 Å². The molecule has 0 spiro atoms. The first kappa shape index (κ1) is 16.5. The maximum atomic E-state index is 12.8. The van der Waals surface area contributed by atoms with Crippen LogP contribution in [0.4, 0.5) is 10.1 Å². The van der Waals surface area contributed by atoms with Crippen LogP contribution in [-0.2, 0) is 4.79 Å². The lowest BCUT2D eigenvalue weighted by molar-refractivity contribution is -0.115. The number of carbonyl (C=O) groups excluding carboxylic acids is 1. The highest BCUT2D eigenvalue weighted by atomic mass is 32.2. The summed E-state index contributed by atoms with van der Waals surface area (Å²) in [5, 5.41) is 12.6. The Hall–Kier alpha value is -2.39. The zero-order valence-electron chi connectivity index (χ0n) is 13.0. The lowest BCUT2D eigenvalue weighted by atomic mass is 10.2. The van der Waals surface area contributed by atoms with E-state index in [1.54, 1.807) is 0 Å². The van der Waals surface area contributed by atoms with Crippen molar-refractivity contribution in [2.24, 2.45) is 0 Å². The maximum Gasteiger partial charge on any atom is 0.225 e. The Morgan fingerprint density at radius 2 is 2.04 bits per heavy atom. The Balaban J connectivity index is 1.54. The number of hydrogen-bond donors (Lipinski definition) is 1. The molecule has 1 aromatic carbocycles. The summed E-state index contributed by atoms with van der Waals surface area (Å²) in [4.78, 5) is 16.5. The number of nitriles is 1. The first-order chi connectivity index (χ1) is 11.7. The van der Waals surface area contributed by atoms with Crippen LogP contribution < -0.4 is 5.32 Å². The fraction of sp³-hybridized carbons (Fsp3) is 0.278. The lowest BCUT2D eigenvalue weighted by Crippen LogP contribution is -2.12. The van der Waals surface area contributed by atoms with Gasteiger partial charge in [0, 0.05) is 29.5 Å². The molecule has 1 saturated carbocycles. The second kappa shape index (κ2) is 7.45. The monoisotopic (exact) mass is 341 g/mol. The quantitative estimate of drug-likeness (QED) is 0.804. The molecule has 0 saturated heterocycles. The minimum absolute atomic E-state index is 0.147. The molecule has 1 heterocycles. The molecule has 2 aromatic rings. The van der Waals surface area contributed by atoms with Crippen molar-refractivity contribution < 1.29 is 9.18 Å². The lowest BCUT2D eigenvalue weighted by Gasteiger charge is -2.07. The molecule has 0 unspecified atom stereocenters. The number of rotatable bonds is 6. The zero-order chi connectivity index (χ0) is 16.9. The standard InChI is InChI=1S/C18H16FN3OS/c19-14-4-6-15(7-5-14)21-17(23)9-10-24-18-13(11-20)3-8-16(22-18)12-1-2-12/h3-8,12H,1-2,9-10H2,(H,21,23). The van der Waals surface area contributed by atoms with Crippen molar-refractivity contribution in [2.75, 3.05) is 11.1 Å². The summed E-state index contributed by atoms with van der Waals surface area (Å²) in [6.07, 6.45) is 2.61. The highest BCUT2D eigenvalue weighted by Crippen LogP contribution is 2.39. The maximum absolute atomic E-state index is 12.8. The van der Waals surface area contributed by atoms with Gasteiger partial charge < -0.3 is 5.32 Å². The third kappa shape index (κ3) is 4.33. The van der Waals surface area contributed by atoms with Crippen molar-refractivity contribution in [3.63, 3.8) is 0 Å². The predicted octanol–water partition coefficient (Wildman–Crippen LogP) is 4.09. The van der Waals surface area contributed by atoms with Gasteiger partial charge >= 0.3 is 0 Å². The van der Waals surface area contributed by atoms with Crippen molar-refractivity contribution >= 4 is 23.4 Å². The number of aromatic nitrogens is 1. The number of thioether (sulfide) groups is 1. The van der Waals surface area contributed by atoms with Crippen LogP contribution in [0.1, 0.15) is 36.4 Å². The average Bonchev–Trinajstić information content (AvgIpc) is 3.42. The first-order valence-electron chi connectivity index (χ1n) is 7.75. The fourth-order valence-corrected chi connectivity index (χ4v) is 3.17. The van der Waals surface area contributed by atoms with Crippen LogP contribution in [0.3, 0.4) is 0 Å². The number of nitrogens with one attached hydrogen (secondary N) is 1. The number of pyridine rings is 1. The topological polar surface area (TPSA) is 65.8 Å². The van der Waals surface area contributed by atoms with Gasteiger partial charge in [-0.3, -0.25) is 4.79 Å². The van der Waals surface area contributed by atoms with Gasteiger partial charge in [0.15, 0.2) is 0 Å². The van der Waals surface area contributed by atoms with Crippen LogP contribution in [0.5, 0.6) is 0 Å². The largest absolute Gasteiger partial charge is 0.326 e. The van der Waals surface area contributed by atoms with E-state index in [9.17, 15) is 14.4 Å². The van der Waals surface area contributed by atoms with E-state index in [-0.39, 0.29) is 11.7 Å². The van der Waals surface area contributed by atoms with Crippen molar-refractivity contribution in [3.05, 3.63) is 53.5 Å². The summed E-state index contributed by atoms with van der Waals surface area (Å²) in [5.41, 5.74) is 2.15. The van der Waals surface area contributed by atoms with Crippen LogP contribution >= 0.6 is 11.8 Å². The summed E-state index contributed by atoms with van der Waals surface area (Å²) >= 11 is 1.42. The SMILES string of the molecule is N#Cc1ccc(C2CC2)nc1SCCC(=O)Nc1ccc(F)cc1. The van der Waals surface area contributed by atoms with E-state index in [0.717, 1.165) is 18.5 Å². The van der Waals surface area contributed by atoms with Gasteiger partial charge in [-0.15, -0.1) is 11.8 Å². The molecule has 3 rings (SSSR count). The third-order valence-corrected chi connectivity index (χ3v) is 4.69. The average molecular weight is 341 g/mol. The van der Waals surface area contributed by atoms with Gasteiger partial charge in [0.05, 0.1) is 5.56 Å². The van der Waals surface area contributed by atoms with Crippen molar-refractivity contribution in [3.8, 4) is 6.07 Å². The molecule has 1 N–H and O–H groups in total. The summed E-state index contributed by atoms with van der Waals surface area (Å²) in [6.45, 7) is 0. The Kier molecular flexibility index (Phi) is 5.11. The van der Waals surface area contributed by atoms with Crippen molar-refractivity contribution in [1.29, 1.82) is 5.26 Å². The smallest absolute Gasteiger partial charge is 0.225 e. The summed E-state index contributed by atoms with van der Waals surface area (Å²) < 4.78 is 12.8. The molecule has 24 heavy (non-hydrogen) atoms. The number of nitrogens with zero attached hydrogens (tertiary/aromatic N) is 2. The molecule has 1 aliphatic rings. The highest BCUT2D eigenvalue weighted by Gasteiger charge is 2.25. The summed E-state index contributed by atoms with van der Waals surface area (Å²) in [7, 11) is 0. The first-order valence-corrected chi connectivity index (χ1v) is 8.73. The van der Waals surface area contributed by atoms with Crippen molar-refractivity contribution in [2.45, 2.75) is 30.2 Å². The molecular weight excluding hydrogens is 325 g/mol. The van der Waals surface area contributed by atoms with Gasteiger partial charge in [0.1, 0.15) is 16.9 Å². The van der Waals surface area contributed by atoms with Crippen LogP contribution in [-0.4, -0.2) is 16.6 Å². The van der Waals surface area contributed by atoms with E-state index < -0.39 is 0 Å². The number of hydrogen-bond acceptors (Lipinski definition) is 4. The van der Waals surface area contributed by atoms with Crippen LogP contribution in [0.15, 0.2) is 41.4 Å². The van der Waals surface area contributed by atoms with E-state index in [4.69, 9.17) is 0 Å². The molecule has 122 valence electrons. The Labute approximate surface area is 144 Å². The third-order valence-electron chi connectivity index (χ3n) is 3.69. The molecule has 0 radical (unpaired) electrons. The Morgan fingerprint density at radius 3 is 2.71 bits per heavy atom. The molecule has 1 fully saturated rings. The van der Waals surface area contributed by atoms with E-state index in [2.05, 4.69) is 16.4 Å². The minimum atomic E-state index is -0.339. The number of benzene rings is 1. The van der Waals surface area contributed by atoms with Crippen LogP contribution in [0, 0.1) is 17.1 Å². The number of anilines is 1. The highest BCUT2D eigenvalue weighted by molar-refractivity contribution is 7.99. The molecule has 1 aromatic heterocycles. The van der Waals surface area contributed by atoms with Gasteiger partial charge in [0.2, 0.25) is 5.91 Å². The normalized spacial score (nSPS) is 13.3. The number of carbonyl (C=O) groups is 1. The molecule has 0 aliphatic heterocycles. The summed E-state index contributed by atoms with van der Waals surface area (Å²) in [5.74, 6) is 0.571. The van der Waals surface area contributed by atoms with Gasteiger partial charge in [-0.05, 0) is 49.2 Å². The van der Waals surface area contributed by atoms with Crippen LogP contribution in [0.25, 0.3) is 0 Å². The second-order valence-corrected chi connectivity index (χ2v) is 6.71. The van der Waals surface area contributed by atoms with E-state index in [1.165, 1.54) is 36.0 Å². The van der Waals surface area contributed by atoms with Gasteiger partial charge in [-0.1, -0.05) is 0 Å². The minimum Gasteiger partial charge on any atom is -0.326 e. The molecule has 0 bridgehead atoms. The molecule has 6 heteroatoms. The number of amides is 1. The second-order valence-electron chi connectivity index (χ2n) is 5.63. The van der Waals surface area contributed by atoms with E-state index in [0.29, 0.717) is 34.4 Å². The van der Waals surface area contributed by atoms with Gasteiger partial charge in [0.25, 0.3) is 0 Å². The number of halogens is 1. The van der Waals surface area contributed by atoms with E-state index >= 15 is 0 Å². The molecular formula is C18H16FN3OS. The Bertz CT molecular complexity index is 782.